The Morgan fingerprint density at radius 3 is 2.80 bits per heavy atom. The molecule has 0 saturated carbocycles. The van der Waals surface area contributed by atoms with Gasteiger partial charge in [-0.3, -0.25) is 29.2 Å². The van der Waals surface area contributed by atoms with Crippen LogP contribution >= 0.6 is 0 Å². The number of hydrogen-bond donors (Lipinski definition) is 1. The monoisotopic (exact) mass is 353 g/mol. The molecule has 1 aromatic rings. The maximum Gasteiger partial charge on any atom is 0.308 e. The maximum absolute atomic E-state index is 12.3. The standard InChI is InChI=1S/C14H19N5O6/c1-16(12(20)9-18-7-11(5-15-18)19(24)25)8-13(21)17-4-2-3-10(6-17)14(22)23/h5,7,10H,2-4,6,8-9H2,1H3,(H,22,23). The first kappa shape index (κ1) is 18.4. The van der Waals surface area contributed by atoms with Gasteiger partial charge in [0.05, 0.1) is 17.4 Å². The zero-order chi connectivity index (χ0) is 18.6. The lowest BCUT2D eigenvalue weighted by atomic mass is 9.98. The quantitative estimate of drug-likeness (QED) is 0.541. The third kappa shape index (κ3) is 4.75. The molecule has 0 bridgehead atoms. The summed E-state index contributed by atoms with van der Waals surface area (Å²) in [7, 11) is 1.44. The molecular weight excluding hydrogens is 334 g/mol. The van der Waals surface area contributed by atoms with E-state index in [1.807, 2.05) is 0 Å². The van der Waals surface area contributed by atoms with Gasteiger partial charge in [0.2, 0.25) is 11.8 Å². The molecule has 1 unspecified atom stereocenters. The van der Waals surface area contributed by atoms with Gasteiger partial charge in [0.25, 0.3) is 0 Å². The molecule has 11 heteroatoms. The van der Waals surface area contributed by atoms with E-state index in [0.29, 0.717) is 19.4 Å². The molecule has 1 atom stereocenters. The summed E-state index contributed by atoms with van der Waals surface area (Å²) in [6, 6.07) is 0. The number of aliphatic carboxylic acids is 1. The Hall–Kier alpha value is -2.98. The summed E-state index contributed by atoms with van der Waals surface area (Å²) in [6.07, 6.45) is 3.32. The fraction of sp³-hybridized carbons (Fsp3) is 0.571. The van der Waals surface area contributed by atoms with Crippen molar-refractivity contribution in [3.8, 4) is 0 Å². The van der Waals surface area contributed by atoms with Crippen LogP contribution in [0.2, 0.25) is 0 Å². The molecule has 25 heavy (non-hydrogen) atoms. The zero-order valence-electron chi connectivity index (χ0n) is 13.7. The first-order chi connectivity index (χ1) is 11.8. The predicted molar refractivity (Wildman–Crippen MR) is 83.5 cm³/mol. The lowest BCUT2D eigenvalue weighted by molar-refractivity contribution is -0.385. The number of amides is 2. The van der Waals surface area contributed by atoms with E-state index in [1.54, 1.807) is 0 Å². The number of rotatable bonds is 6. The summed E-state index contributed by atoms with van der Waals surface area (Å²) >= 11 is 0. The van der Waals surface area contributed by atoms with E-state index in [2.05, 4.69) is 5.10 Å². The van der Waals surface area contributed by atoms with Crippen molar-refractivity contribution in [1.82, 2.24) is 19.6 Å². The highest BCUT2D eigenvalue weighted by molar-refractivity contribution is 5.85. The highest BCUT2D eigenvalue weighted by atomic mass is 16.6. The van der Waals surface area contributed by atoms with E-state index in [1.165, 1.54) is 16.8 Å². The number of likely N-dealkylation sites (tertiary alicyclic amines) is 1. The number of carbonyl (C=O) groups excluding carboxylic acids is 2. The minimum Gasteiger partial charge on any atom is -0.481 e. The first-order valence-corrected chi connectivity index (χ1v) is 7.69. The van der Waals surface area contributed by atoms with Crippen LogP contribution in [0.25, 0.3) is 0 Å². The molecule has 1 aliphatic heterocycles. The third-order valence-electron chi connectivity index (χ3n) is 4.05. The molecule has 136 valence electrons. The highest BCUT2D eigenvalue weighted by Crippen LogP contribution is 2.17. The van der Waals surface area contributed by atoms with Crippen molar-refractivity contribution in [1.29, 1.82) is 0 Å². The SMILES string of the molecule is CN(CC(=O)N1CCCC(C(=O)O)C1)C(=O)Cn1cc([N+](=O)[O-])cn1. The van der Waals surface area contributed by atoms with Gasteiger partial charge in [-0.05, 0) is 12.8 Å². The van der Waals surface area contributed by atoms with Crippen LogP contribution in [0.4, 0.5) is 5.69 Å². The van der Waals surface area contributed by atoms with Crippen molar-refractivity contribution >= 4 is 23.5 Å². The van der Waals surface area contributed by atoms with E-state index >= 15 is 0 Å². The van der Waals surface area contributed by atoms with Gasteiger partial charge in [-0.1, -0.05) is 0 Å². The van der Waals surface area contributed by atoms with Crippen molar-refractivity contribution < 1.29 is 24.4 Å². The van der Waals surface area contributed by atoms with E-state index < -0.39 is 22.7 Å². The smallest absolute Gasteiger partial charge is 0.308 e. The van der Waals surface area contributed by atoms with Crippen LogP contribution in [-0.4, -0.2) is 74.1 Å². The molecule has 1 aromatic heterocycles. The molecule has 2 amide bonds. The third-order valence-corrected chi connectivity index (χ3v) is 4.05. The summed E-state index contributed by atoms with van der Waals surface area (Å²) in [6.45, 7) is 0.196. The molecule has 2 rings (SSSR count). The van der Waals surface area contributed by atoms with Crippen LogP contribution in [0.1, 0.15) is 12.8 Å². The minimum absolute atomic E-state index is 0.140. The Morgan fingerprint density at radius 2 is 2.20 bits per heavy atom. The summed E-state index contributed by atoms with van der Waals surface area (Å²) in [5.74, 6) is -2.27. The van der Waals surface area contributed by atoms with Gasteiger partial charge in [-0.15, -0.1) is 0 Å². The summed E-state index contributed by atoms with van der Waals surface area (Å²) in [5, 5.41) is 23.4. The molecule has 0 aromatic carbocycles. The molecule has 0 spiro atoms. The largest absolute Gasteiger partial charge is 0.481 e. The maximum atomic E-state index is 12.3. The second-order valence-corrected chi connectivity index (χ2v) is 5.92. The molecule has 2 heterocycles. The number of carbonyl (C=O) groups is 3. The number of aromatic nitrogens is 2. The first-order valence-electron chi connectivity index (χ1n) is 7.69. The van der Waals surface area contributed by atoms with Crippen LogP contribution in [0.5, 0.6) is 0 Å². The van der Waals surface area contributed by atoms with Crippen LogP contribution in [-0.2, 0) is 20.9 Å². The van der Waals surface area contributed by atoms with Crippen molar-refractivity contribution in [2.45, 2.75) is 19.4 Å². The molecule has 1 N–H and O–H groups in total. The van der Waals surface area contributed by atoms with Crippen LogP contribution < -0.4 is 0 Å². The van der Waals surface area contributed by atoms with Gasteiger partial charge in [-0.25, -0.2) is 0 Å². The van der Waals surface area contributed by atoms with Gasteiger partial charge in [0.15, 0.2) is 0 Å². The van der Waals surface area contributed by atoms with Gasteiger partial charge in [0, 0.05) is 20.1 Å². The minimum atomic E-state index is -0.929. The highest BCUT2D eigenvalue weighted by Gasteiger charge is 2.29. The molecule has 1 aliphatic rings. The van der Waals surface area contributed by atoms with Gasteiger partial charge >= 0.3 is 11.7 Å². The number of nitrogens with zero attached hydrogens (tertiary/aromatic N) is 5. The van der Waals surface area contributed by atoms with Crippen molar-refractivity contribution in [3.05, 3.63) is 22.5 Å². The zero-order valence-corrected chi connectivity index (χ0v) is 13.7. The average Bonchev–Trinajstić information content (AvgIpc) is 3.03. The summed E-state index contributed by atoms with van der Waals surface area (Å²) in [5.41, 5.74) is -0.223. The Morgan fingerprint density at radius 1 is 1.48 bits per heavy atom. The molecule has 1 fully saturated rings. The second kappa shape index (κ2) is 7.73. The molecular formula is C14H19N5O6. The van der Waals surface area contributed by atoms with Gasteiger partial charge in [-0.2, -0.15) is 5.10 Å². The number of piperidine rings is 1. The molecule has 1 saturated heterocycles. The van der Waals surface area contributed by atoms with Crippen molar-refractivity contribution in [3.63, 3.8) is 0 Å². The van der Waals surface area contributed by atoms with Crippen LogP contribution in [0.3, 0.4) is 0 Å². The average molecular weight is 353 g/mol. The van der Waals surface area contributed by atoms with E-state index in [0.717, 1.165) is 17.1 Å². The van der Waals surface area contributed by atoms with Gasteiger partial charge < -0.3 is 14.9 Å². The number of likely N-dealkylation sites (N-methyl/N-ethyl adjacent to an activating group) is 1. The topological polar surface area (TPSA) is 139 Å². The number of carboxylic acid groups (broad SMARTS) is 1. The Kier molecular flexibility index (Phi) is 5.67. The second-order valence-electron chi connectivity index (χ2n) is 5.92. The molecule has 11 nitrogen and oxygen atoms in total. The fourth-order valence-electron chi connectivity index (χ4n) is 2.59. The van der Waals surface area contributed by atoms with Crippen molar-refractivity contribution in [2.75, 3.05) is 26.7 Å². The number of carboxylic acids is 1. The van der Waals surface area contributed by atoms with Crippen LogP contribution in [0, 0.1) is 16.0 Å². The lowest BCUT2D eigenvalue weighted by Gasteiger charge is -2.32. The lowest BCUT2D eigenvalue weighted by Crippen LogP contribution is -2.47. The summed E-state index contributed by atoms with van der Waals surface area (Å²) in [4.78, 5) is 48.0. The van der Waals surface area contributed by atoms with E-state index in [-0.39, 0.29) is 31.2 Å². The normalized spacial score (nSPS) is 17.2. The Balaban J connectivity index is 1.88. The molecule has 0 aliphatic carbocycles. The van der Waals surface area contributed by atoms with E-state index in [9.17, 15) is 24.5 Å². The summed E-state index contributed by atoms with van der Waals surface area (Å²) < 4.78 is 1.13. The molecule has 0 radical (unpaired) electrons. The van der Waals surface area contributed by atoms with E-state index in [4.69, 9.17) is 5.11 Å². The number of hydrogen-bond acceptors (Lipinski definition) is 6. The Bertz CT molecular complexity index is 687. The van der Waals surface area contributed by atoms with Crippen LogP contribution in [0.15, 0.2) is 12.4 Å². The predicted octanol–water partition coefficient (Wildman–Crippen LogP) is -0.427. The van der Waals surface area contributed by atoms with Gasteiger partial charge in [0.1, 0.15) is 18.9 Å². The number of nitro groups is 1. The fourth-order valence-corrected chi connectivity index (χ4v) is 2.59. The van der Waals surface area contributed by atoms with Crippen molar-refractivity contribution in [2.24, 2.45) is 5.92 Å². The Labute approximate surface area is 142 Å².